The number of aryl methyl sites for hydroxylation is 2. The molecule has 0 radical (unpaired) electrons. The first-order valence-corrected chi connectivity index (χ1v) is 9.33. The van der Waals surface area contributed by atoms with Gasteiger partial charge in [-0.3, -0.25) is 24.0 Å². The molecule has 146 valence electrons. The predicted molar refractivity (Wildman–Crippen MR) is 112 cm³/mol. The molecule has 4 aromatic rings. The van der Waals surface area contributed by atoms with Gasteiger partial charge >= 0.3 is 5.69 Å². The van der Waals surface area contributed by atoms with Crippen molar-refractivity contribution in [2.75, 3.05) is 0 Å². The fourth-order valence-electron chi connectivity index (χ4n) is 3.08. The highest BCUT2D eigenvalue weighted by Crippen LogP contribution is 2.28. The zero-order valence-electron chi connectivity index (χ0n) is 15.4. The fourth-order valence-corrected chi connectivity index (χ4v) is 4.01. The normalized spacial score (nSPS) is 11.5. The zero-order chi connectivity index (χ0) is 20.7. The van der Waals surface area contributed by atoms with Crippen LogP contribution in [0.2, 0.25) is 0 Å². The predicted octanol–water partition coefficient (Wildman–Crippen LogP) is 2.76. The van der Waals surface area contributed by atoms with Crippen LogP contribution in [0.1, 0.15) is 15.2 Å². The molecular weight excluding hydrogens is 394 g/mol. The number of nitro groups is 1. The number of imidazole rings is 1. The Morgan fingerprint density at radius 2 is 1.90 bits per heavy atom. The number of nitrogens with zero attached hydrogens (tertiary/aromatic N) is 4. The number of benzene rings is 2. The number of hydrogen-bond acceptors (Lipinski definition) is 6. The molecule has 0 bridgehead atoms. The van der Waals surface area contributed by atoms with Crippen LogP contribution in [0.5, 0.6) is 0 Å². The van der Waals surface area contributed by atoms with Crippen molar-refractivity contribution in [3.63, 3.8) is 0 Å². The molecule has 2 aromatic heterocycles. The van der Waals surface area contributed by atoms with Gasteiger partial charge < -0.3 is 0 Å². The average Bonchev–Trinajstić information content (AvgIpc) is 3.23. The van der Waals surface area contributed by atoms with E-state index in [0.29, 0.717) is 10.3 Å². The summed E-state index contributed by atoms with van der Waals surface area (Å²) in [4.78, 5) is 35.1. The van der Waals surface area contributed by atoms with Gasteiger partial charge in [0.25, 0.3) is 11.6 Å². The Bertz CT molecular complexity index is 1380. The summed E-state index contributed by atoms with van der Waals surface area (Å²) >= 11 is 1.23. The Kier molecular flexibility index (Phi) is 4.47. The standard InChI is InChI=1S/C19H15N5O4S/c1-22-14-5-3-11(7-15(14)23(2)19(22)26)10-20-21-18(25)17-9-12-8-13(24(27)28)4-6-16(12)29-17/h3-10H,1-2H3,(H,21,25)/b20-10-. The lowest BCUT2D eigenvalue weighted by Gasteiger charge is -1.98. The molecule has 0 aliphatic carbocycles. The maximum absolute atomic E-state index is 12.3. The first-order chi connectivity index (χ1) is 13.8. The minimum absolute atomic E-state index is 0.0222. The van der Waals surface area contributed by atoms with Crippen molar-refractivity contribution in [3.05, 3.63) is 73.5 Å². The molecule has 1 N–H and O–H groups in total. The monoisotopic (exact) mass is 409 g/mol. The quantitative estimate of drug-likeness (QED) is 0.317. The number of non-ortho nitro benzene ring substituents is 1. The highest BCUT2D eigenvalue weighted by Gasteiger charge is 2.13. The molecule has 10 heteroatoms. The van der Waals surface area contributed by atoms with Crippen molar-refractivity contribution in [1.82, 2.24) is 14.6 Å². The van der Waals surface area contributed by atoms with Crippen molar-refractivity contribution in [1.29, 1.82) is 0 Å². The van der Waals surface area contributed by atoms with Crippen molar-refractivity contribution < 1.29 is 9.72 Å². The van der Waals surface area contributed by atoms with Gasteiger partial charge in [-0.25, -0.2) is 10.2 Å². The number of nitro benzene ring substituents is 1. The van der Waals surface area contributed by atoms with Crippen LogP contribution in [-0.4, -0.2) is 26.2 Å². The fraction of sp³-hybridized carbons (Fsp3) is 0.105. The molecule has 0 aliphatic heterocycles. The molecule has 9 nitrogen and oxygen atoms in total. The summed E-state index contributed by atoms with van der Waals surface area (Å²) < 4.78 is 3.88. The number of thiophene rings is 1. The first kappa shape index (κ1) is 18.6. The third kappa shape index (κ3) is 3.29. The lowest BCUT2D eigenvalue weighted by molar-refractivity contribution is -0.384. The maximum Gasteiger partial charge on any atom is 0.328 e. The van der Waals surface area contributed by atoms with Crippen LogP contribution in [0.25, 0.3) is 21.1 Å². The number of hydrogen-bond donors (Lipinski definition) is 1. The molecule has 2 aromatic carbocycles. The van der Waals surface area contributed by atoms with Crippen LogP contribution in [0.15, 0.2) is 52.4 Å². The third-order valence-corrected chi connectivity index (χ3v) is 5.73. The molecule has 0 aliphatic rings. The maximum atomic E-state index is 12.3. The number of hydrazone groups is 1. The van der Waals surface area contributed by atoms with E-state index >= 15 is 0 Å². The van der Waals surface area contributed by atoms with Gasteiger partial charge in [0.1, 0.15) is 0 Å². The molecule has 0 saturated heterocycles. The number of nitrogens with one attached hydrogen (secondary N) is 1. The Morgan fingerprint density at radius 3 is 2.66 bits per heavy atom. The van der Waals surface area contributed by atoms with Gasteiger partial charge in [0.05, 0.1) is 27.0 Å². The highest BCUT2D eigenvalue weighted by atomic mass is 32.1. The molecule has 0 fully saturated rings. The minimum Gasteiger partial charge on any atom is -0.295 e. The second-order valence-electron chi connectivity index (χ2n) is 6.44. The van der Waals surface area contributed by atoms with Crippen LogP contribution >= 0.6 is 11.3 Å². The molecule has 4 rings (SSSR count). The van der Waals surface area contributed by atoms with E-state index in [0.717, 1.165) is 21.3 Å². The highest BCUT2D eigenvalue weighted by molar-refractivity contribution is 7.20. The van der Waals surface area contributed by atoms with E-state index in [1.165, 1.54) is 29.7 Å². The lowest BCUT2D eigenvalue weighted by atomic mass is 10.2. The molecule has 0 spiro atoms. The molecule has 0 unspecified atom stereocenters. The van der Waals surface area contributed by atoms with Crippen molar-refractivity contribution >= 4 is 50.3 Å². The largest absolute Gasteiger partial charge is 0.328 e. The van der Waals surface area contributed by atoms with E-state index < -0.39 is 10.8 Å². The van der Waals surface area contributed by atoms with E-state index in [2.05, 4.69) is 10.5 Å². The van der Waals surface area contributed by atoms with Gasteiger partial charge in [-0.1, -0.05) is 6.07 Å². The lowest BCUT2D eigenvalue weighted by Crippen LogP contribution is -2.19. The Labute approximate surface area is 167 Å². The SMILES string of the molecule is Cn1c(=O)n(C)c2cc(/C=N\NC(=O)c3cc4cc([N+](=O)[O-])ccc4s3)ccc21. The molecule has 2 heterocycles. The number of carbonyl (C=O) groups is 1. The van der Waals surface area contributed by atoms with E-state index in [4.69, 9.17) is 0 Å². The minimum atomic E-state index is -0.472. The van der Waals surface area contributed by atoms with Gasteiger partial charge in [0.15, 0.2) is 0 Å². The number of rotatable bonds is 4. The molecule has 0 saturated carbocycles. The van der Waals surface area contributed by atoms with Gasteiger partial charge in [0.2, 0.25) is 0 Å². The summed E-state index contributed by atoms with van der Waals surface area (Å²) in [5.74, 6) is -0.404. The van der Waals surface area contributed by atoms with E-state index in [-0.39, 0.29) is 11.4 Å². The topological polar surface area (TPSA) is 112 Å². The van der Waals surface area contributed by atoms with Crippen molar-refractivity contribution in [2.45, 2.75) is 0 Å². The van der Waals surface area contributed by atoms with Crippen LogP contribution < -0.4 is 11.1 Å². The second-order valence-corrected chi connectivity index (χ2v) is 7.52. The molecule has 1 amide bonds. The van der Waals surface area contributed by atoms with Crippen molar-refractivity contribution in [3.8, 4) is 0 Å². The van der Waals surface area contributed by atoms with Crippen molar-refractivity contribution in [2.24, 2.45) is 19.2 Å². The summed E-state index contributed by atoms with van der Waals surface area (Å²) in [5, 5.41) is 15.5. The summed E-state index contributed by atoms with van der Waals surface area (Å²) in [6.45, 7) is 0. The summed E-state index contributed by atoms with van der Waals surface area (Å²) in [6, 6.07) is 11.5. The van der Waals surface area contributed by atoms with Crippen LogP contribution in [0.4, 0.5) is 5.69 Å². The zero-order valence-corrected chi connectivity index (χ0v) is 16.3. The molecule has 29 heavy (non-hydrogen) atoms. The van der Waals surface area contributed by atoms with Crippen LogP contribution in [0, 0.1) is 10.1 Å². The van der Waals surface area contributed by atoms with Gasteiger partial charge in [-0.15, -0.1) is 11.3 Å². The smallest absolute Gasteiger partial charge is 0.295 e. The number of carbonyl (C=O) groups excluding carboxylic acids is 1. The first-order valence-electron chi connectivity index (χ1n) is 8.52. The Hall–Kier alpha value is -3.79. The summed E-state index contributed by atoms with van der Waals surface area (Å²) in [5.41, 5.74) is 4.61. The number of fused-ring (bicyclic) bond motifs is 2. The van der Waals surface area contributed by atoms with Gasteiger partial charge in [-0.05, 0) is 29.8 Å². The average molecular weight is 409 g/mol. The van der Waals surface area contributed by atoms with E-state index in [1.807, 2.05) is 12.1 Å². The number of aromatic nitrogens is 2. The van der Waals surface area contributed by atoms with Gasteiger partial charge in [-0.2, -0.15) is 5.10 Å². The Balaban J connectivity index is 1.53. The second kappa shape index (κ2) is 6.99. The van der Waals surface area contributed by atoms with Crippen LogP contribution in [0.3, 0.4) is 0 Å². The van der Waals surface area contributed by atoms with E-state index in [9.17, 15) is 19.7 Å². The summed E-state index contributed by atoms with van der Waals surface area (Å²) in [7, 11) is 3.40. The van der Waals surface area contributed by atoms with Gasteiger partial charge in [0, 0.05) is 36.3 Å². The molecular formula is C19H15N5O4S. The third-order valence-electron chi connectivity index (χ3n) is 4.61. The van der Waals surface area contributed by atoms with E-state index in [1.54, 1.807) is 41.4 Å². The van der Waals surface area contributed by atoms with Crippen LogP contribution in [-0.2, 0) is 14.1 Å². The Morgan fingerprint density at radius 1 is 1.14 bits per heavy atom. The summed E-state index contributed by atoms with van der Waals surface area (Å²) in [6.07, 6.45) is 1.49. The molecule has 0 atom stereocenters. The number of amides is 1.